The highest BCUT2D eigenvalue weighted by Crippen LogP contribution is 2.39. The topological polar surface area (TPSA) is 42.5 Å². The van der Waals surface area contributed by atoms with Crippen molar-refractivity contribution in [2.75, 3.05) is 0 Å². The van der Waals surface area contributed by atoms with Crippen LogP contribution in [0, 0.1) is 0 Å². The Morgan fingerprint density at radius 3 is 2.12 bits per heavy atom. The van der Waals surface area contributed by atoms with Crippen LogP contribution in [0.5, 0.6) is 0 Å². The Balaban J connectivity index is 1.13. The van der Waals surface area contributed by atoms with Gasteiger partial charge >= 0.3 is 0 Å². The monoisotopic (exact) mass is 615 g/mol. The Labute approximate surface area is 276 Å². The lowest BCUT2D eigenvalue weighted by molar-refractivity contribution is 0.629. The molecule has 3 heterocycles. The highest BCUT2D eigenvalue weighted by Gasteiger charge is 2.21. The van der Waals surface area contributed by atoms with Crippen molar-refractivity contribution in [1.29, 1.82) is 0 Å². The zero-order valence-corrected chi connectivity index (χ0v) is 26.0. The molecule has 4 heteroatoms. The summed E-state index contributed by atoms with van der Waals surface area (Å²) in [4.78, 5) is 5.13. The van der Waals surface area contributed by atoms with Crippen molar-refractivity contribution in [3.8, 4) is 16.8 Å². The summed E-state index contributed by atoms with van der Waals surface area (Å²) >= 11 is 0. The summed E-state index contributed by atoms with van der Waals surface area (Å²) in [5.74, 6) is 0. The van der Waals surface area contributed by atoms with Crippen LogP contribution in [0.15, 0.2) is 173 Å². The number of furan rings is 1. The molecular weight excluding hydrogens is 587 g/mol. The molecule has 1 aliphatic rings. The molecule has 2 aromatic heterocycles. The average Bonchev–Trinajstić information content (AvgIpc) is 3.70. The van der Waals surface area contributed by atoms with E-state index in [1.54, 1.807) is 0 Å². The van der Waals surface area contributed by atoms with Crippen molar-refractivity contribution in [3.05, 3.63) is 185 Å². The smallest absolute Gasteiger partial charge is 0.159 e. The fourth-order valence-corrected chi connectivity index (χ4v) is 7.37. The maximum atomic E-state index is 6.81. The summed E-state index contributed by atoms with van der Waals surface area (Å²) in [5.41, 5.74) is 10.7. The van der Waals surface area contributed by atoms with E-state index in [-0.39, 0.29) is 6.17 Å². The Morgan fingerprint density at radius 2 is 1.25 bits per heavy atom. The van der Waals surface area contributed by atoms with E-state index < -0.39 is 0 Å². The van der Waals surface area contributed by atoms with Gasteiger partial charge in [-0.15, -0.1) is 0 Å². The number of hydrogen-bond acceptors (Lipinski definition) is 3. The first-order chi connectivity index (χ1) is 23.8. The minimum Gasteiger partial charge on any atom is -0.454 e. The van der Waals surface area contributed by atoms with Crippen LogP contribution in [0.4, 0.5) is 0 Å². The third-order valence-corrected chi connectivity index (χ3v) is 9.62. The number of para-hydroxylation sites is 3. The predicted molar refractivity (Wildman–Crippen MR) is 196 cm³/mol. The van der Waals surface area contributed by atoms with Gasteiger partial charge in [0.05, 0.1) is 27.8 Å². The van der Waals surface area contributed by atoms with Gasteiger partial charge in [-0.1, -0.05) is 127 Å². The SMILES string of the molecule is c1ccc(C2=c3ccccc3=NC(c3ccc4c(c3)oc3c(-n5c6ccccc6c6cc(-c7ccccc7)ccc65)cccc34)N2)cc1. The van der Waals surface area contributed by atoms with Crippen LogP contribution in [0.3, 0.4) is 0 Å². The van der Waals surface area contributed by atoms with Crippen molar-refractivity contribution < 1.29 is 4.42 Å². The fourth-order valence-electron chi connectivity index (χ4n) is 7.37. The van der Waals surface area contributed by atoms with E-state index >= 15 is 0 Å². The summed E-state index contributed by atoms with van der Waals surface area (Å²) in [7, 11) is 0. The number of benzene rings is 7. The Bertz CT molecular complexity index is 2810. The summed E-state index contributed by atoms with van der Waals surface area (Å²) < 4.78 is 9.16. The quantitative estimate of drug-likeness (QED) is 0.214. The molecule has 226 valence electrons. The molecule has 4 nitrogen and oxygen atoms in total. The van der Waals surface area contributed by atoms with Crippen LogP contribution in [0.25, 0.3) is 66.3 Å². The lowest BCUT2D eigenvalue weighted by Gasteiger charge is -2.23. The largest absolute Gasteiger partial charge is 0.454 e. The highest BCUT2D eigenvalue weighted by molar-refractivity contribution is 6.13. The maximum absolute atomic E-state index is 6.81. The molecular formula is C44H29N3O. The molecule has 0 fully saturated rings. The van der Waals surface area contributed by atoms with E-state index in [4.69, 9.17) is 9.41 Å². The van der Waals surface area contributed by atoms with Gasteiger partial charge in [-0.3, -0.25) is 4.99 Å². The molecule has 1 aliphatic heterocycles. The van der Waals surface area contributed by atoms with Crippen LogP contribution < -0.4 is 15.9 Å². The molecule has 0 bridgehead atoms. The molecule has 7 aromatic carbocycles. The van der Waals surface area contributed by atoms with Crippen LogP contribution in [-0.4, -0.2) is 4.57 Å². The molecule has 1 N–H and O–H groups in total. The molecule has 48 heavy (non-hydrogen) atoms. The van der Waals surface area contributed by atoms with E-state index in [0.717, 1.165) is 66.1 Å². The third-order valence-electron chi connectivity index (χ3n) is 9.62. The minimum atomic E-state index is -0.247. The minimum absolute atomic E-state index is 0.247. The van der Waals surface area contributed by atoms with Crippen LogP contribution >= 0.6 is 0 Å². The highest BCUT2D eigenvalue weighted by atomic mass is 16.3. The molecule has 0 radical (unpaired) electrons. The average molecular weight is 616 g/mol. The van der Waals surface area contributed by atoms with Crippen molar-refractivity contribution in [3.63, 3.8) is 0 Å². The number of fused-ring (bicyclic) bond motifs is 7. The fraction of sp³-hybridized carbons (Fsp3) is 0.0227. The van der Waals surface area contributed by atoms with Crippen LogP contribution in [-0.2, 0) is 0 Å². The summed E-state index contributed by atoms with van der Waals surface area (Å²) in [5, 5.41) is 10.4. The van der Waals surface area contributed by atoms with Gasteiger partial charge < -0.3 is 14.3 Å². The number of hydrogen-bond donors (Lipinski definition) is 1. The number of nitrogens with zero attached hydrogens (tertiary/aromatic N) is 2. The van der Waals surface area contributed by atoms with Crippen molar-refractivity contribution >= 4 is 49.4 Å². The van der Waals surface area contributed by atoms with Crippen molar-refractivity contribution in [2.24, 2.45) is 4.99 Å². The van der Waals surface area contributed by atoms with E-state index in [2.05, 4.69) is 168 Å². The van der Waals surface area contributed by atoms with Gasteiger partial charge in [0, 0.05) is 32.3 Å². The number of aromatic nitrogens is 1. The first-order valence-electron chi connectivity index (χ1n) is 16.3. The third kappa shape index (κ3) is 4.13. The summed E-state index contributed by atoms with van der Waals surface area (Å²) in [6.45, 7) is 0. The van der Waals surface area contributed by atoms with Gasteiger partial charge in [0.2, 0.25) is 0 Å². The van der Waals surface area contributed by atoms with Gasteiger partial charge in [0.1, 0.15) is 11.7 Å². The molecule has 9 aromatic rings. The Morgan fingerprint density at radius 1 is 0.521 bits per heavy atom. The zero-order valence-electron chi connectivity index (χ0n) is 26.0. The first kappa shape index (κ1) is 26.8. The second kappa shape index (κ2) is 10.6. The molecule has 0 spiro atoms. The Kier molecular flexibility index (Phi) is 5.90. The number of rotatable bonds is 4. The standard InChI is InChI=1S/C44H29N3O/c1-3-12-28(13-4-1)30-23-25-39-36(26-30)32-16-8-10-20-38(32)47(39)40-21-11-18-34-33-24-22-31(27-41(33)48-43(34)40)44-45-37-19-9-7-17-35(37)42(46-44)29-14-5-2-6-15-29/h1-27,44,46H. The van der Waals surface area contributed by atoms with Crippen LogP contribution in [0.1, 0.15) is 17.3 Å². The van der Waals surface area contributed by atoms with E-state index in [1.807, 2.05) is 6.07 Å². The van der Waals surface area contributed by atoms with Gasteiger partial charge in [0.25, 0.3) is 0 Å². The molecule has 0 saturated heterocycles. The molecule has 0 saturated carbocycles. The van der Waals surface area contributed by atoms with Crippen molar-refractivity contribution in [2.45, 2.75) is 6.17 Å². The lowest BCUT2D eigenvalue weighted by Crippen LogP contribution is -2.39. The van der Waals surface area contributed by atoms with Gasteiger partial charge in [-0.2, -0.15) is 0 Å². The number of nitrogens with one attached hydrogen (secondary N) is 1. The summed E-state index contributed by atoms with van der Waals surface area (Å²) in [6, 6.07) is 57.8. The first-order valence-corrected chi connectivity index (χ1v) is 16.3. The van der Waals surface area contributed by atoms with Gasteiger partial charge in [-0.05, 0) is 53.1 Å². The molecule has 10 rings (SSSR count). The molecule has 0 amide bonds. The van der Waals surface area contributed by atoms with Crippen LogP contribution in [0.2, 0.25) is 0 Å². The molecule has 0 aliphatic carbocycles. The lowest BCUT2D eigenvalue weighted by atomic mass is 10.0. The Hall–Kier alpha value is -6.39. The molecule has 1 atom stereocenters. The van der Waals surface area contributed by atoms with Gasteiger partial charge in [0.15, 0.2) is 5.58 Å². The second-order valence-corrected chi connectivity index (χ2v) is 12.4. The van der Waals surface area contributed by atoms with Gasteiger partial charge in [-0.25, -0.2) is 0 Å². The summed E-state index contributed by atoms with van der Waals surface area (Å²) in [6.07, 6.45) is -0.247. The zero-order chi connectivity index (χ0) is 31.6. The maximum Gasteiger partial charge on any atom is 0.159 e. The van der Waals surface area contributed by atoms with Crippen molar-refractivity contribution in [1.82, 2.24) is 9.88 Å². The van der Waals surface area contributed by atoms with E-state index in [1.165, 1.54) is 21.9 Å². The second-order valence-electron chi connectivity index (χ2n) is 12.4. The predicted octanol–water partition coefficient (Wildman–Crippen LogP) is 9.43. The molecule has 1 unspecified atom stereocenters. The normalized spacial score (nSPS) is 14.3. The van der Waals surface area contributed by atoms with E-state index in [0.29, 0.717) is 0 Å². The van der Waals surface area contributed by atoms with E-state index in [9.17, 15) is 0 Å².